The van der Waals surface area contributed by atoms with Crippen LogP contribution in [0.4, 0.5) is 0 Å². The van der Waals surface area contributed by atoms with Crippen molar-refractivity contribution in [3.05, 3.63) is 63.4 Å². The van der Waals surface area contributed by atoms with Crippen molar-refractivity contribution in [2.75, 3.05) is 0 Å². The molecule has 0 aliphatic rings. The van der Waals surface area contributed by atoms with Gasteiger partial charge in [-0.15, -0.1) is 0 Å². The summed E-state index contributed by atoms with van der Waals surface area (Å²) in [6, 6.07) is 12.7. The molecule has 1 unspecified atom stereocenters. The van der Waals surface area contributed by atoms with E-state index < -0.39 is 5.25 Å². The molecular weight excluding hydrogens is 394 g/mol. The summed E-state index contributed by atoms with van der Waals surface area (Å²) in [7, 11) is 0. The van der Waals surface area contributed by atoms with E-state index in [1.165, 1.54) is 11.8 Å². The van der Waals surface area contributed by atoms with Crippen LogP contribution < -0.4 is 10.9 Å². The molecule has 0 spiro atoms. The predicted octanol–water partition coefficient (Wildman–Crippen LogP) is 4.35. The lowest BCUT2D eigenvalue weighted by molar-refractivity contribution is -0.120. The number of carbonyl (C=O) groups excluding carboxylic acids is 1. The third kappa shape index (κ3) is 4.23. The second-order valence-electron chi connectivity index (χ2n) is 6.91. The number of para-hydroxylation sites is 1. The van der Waals surface area contributed by atoms with Crippen LogP contribution in [-0.4, -0.2) is 26.8 Å². The normalized spacial score (nSPS) is 12.4. The molecule has 1 amide bonds. The zero-order valence-corrected chi connectivity index (χ0v) is 17.8. The number of aryl methyl sites for hydroxylation is 1. The predicted molar refractivity (Wildman–Crippen MR) is 116 cm³/mol. The smallest absolute Gasteiger partial charge is 0.266 e. The number of amides is 1. The average molecular weight is 416 g/mol. The molecule has 0 radical (unpaired) electrons. The lowest BCUT2D eigenvalue weighted by Crippen LogP contribution is -2.36. The number of fused-ring (bicyclic) bond motifs is 1. The van der Waals surface area contributed by atoms with E-state index in [0.29, 0.717) is 21.1 Å². The van der Waals surface area contributed by atoms with Gasteiger partial charge in [-0.25, -0.2) is 4.98 Å². The maximum absolute atomic E-state index is 13.3. The maximum Gasteiger partial charge on any atom is 0.266 e. The highest BCUT2D eigenvalue weighted by atomic mass is 35.5. The van der Waals surface area contributed by atoms with Crippen LogP contribution in [0.1, 0.15) is 26.3 Å². The van der Waals surface area contributed by atoms with Crippen molar-refractivity contribution in [1.29, 1.82) is 0 Å². The number of benzene rings is 2. The molecule has 0 aliphatic carbocycles. The zero-order valence-electron chi connectivity index (χ0n) is 16.2. The lowest BCUT2D eigenvalue weighted by atomic mass is 10.2. The number of aromatic nitrogens is 2. The van der Waals surface area contributed by atoms with E-state index in [1.54, 1.807) is 29.7 Å². The van der Waals surface area contributed by atoms with Crippen molar-refractivity contribution >= 4 is 40.2 Å². The van der Waals surface area contributed by atoms with Crippen LogP contribution in [0.3, 0.4) is 0 Å². The molecule has 0 saturated carbocycles. The summed E-state index contributed by atoms with van der Waals surface area (Å²) < 4.78 is 1.58. The highest BCUT2D eigenvalue weighted by Crippen LogP contribution is 2.27. The minimum Gasteiger partial charge on any atom is -0.353 e. The monoisotopic (exact) mass is 415 g/mol. The van der Waals surface area contributed by atoms with Gasteiger partial charge < -0.3 is 5.32 Å². The standard InChI is InChI=1S/C21H22ClN3O2S/c1-12(2)23-19(26)14(4)28-21-24-17-11-15(22)9-10-16(17)20(27)25(21)18-8-6-5-7-13(18)3/h5-12,14H,1-4H3,(H,23,26). The molecule has 1 N–H and O–H groups in total. The Morgan fingerprint density at radius 3 is 2.57 bits per heavy atom. The van der Waals surface area contributed by atoms with E-state index in [9.17, 15) is 9.59 Å². The topological polar surface area (TPSA) is 64.0 Å². The van der Waals surface area contributed by atoms with Crippen LogP contribution in [0.2, 0.25) is 5.02 Å². The molecule has 3 rings (SSSR count). The van der Waals surface area contributed by atoms with Gasteiger partial charge in [0.15, 0.2) is 5.16 Å². The van der Waals surface area contributed by atoms with Crippen molar-refractivity contribution in [1.82, 2.24) is 14.9 Å². The summed E-state index contributed by atoms with van der Waals surface area (Å²) in [6.45, 7) is 7.57. The van der Waals surface area contributed by atoms with Crippen LogP contribution in [0, 0.1) is 6.92 Å². The molecule has 1 atom stereocenters. The second-order valence-corrected chi connectivity index (χ2v) is 8.65. The van der Waals surface area contributed by atoms with Crippen molar-refractivity contribution in [2.45, 2.75) is 44.1 Å². The molecule has 28 heavy (non-hydrogen) atoms. The molecule has 0 saturated heterocycles. The fourth-order valence-electron chi connectivity index (χ4n) is 2.86. The number of rotatable bonds is 5. The van der Waals surface area contributed by atoms with Gasteiger partial charge in [0.2, 0.25) is 5.91 Å². The summed E-state index contributed by atoms with van der Waals surface area (Å²) >= 11 is 7.35. The van der Waals surface area contributed by atoms with Crippen LogP contribution in [0.15, 0.2) is 52.4 Å². The Kier molecular flexibility index (Phi) is 6.10. The van der Waals surface area contributed by atoms with E-state index in [-0.39, 0.29) is 17.5 Å². The lowest BCUT2D eigenvalue weighted by Gasteiger charge is -2.18. The number of halogens is 1. The molecule has 5 nitrogen and oxygen atoms in total. The number of thioether (sulfide) groups is 1. The summed E-state index contributed by atoms with van der Waals surface area (Å²) in [5.41, 5.74) is 2.02. The molecule has 2 aromatic carbocycles. The molecular formula is C21H22ClN3O2S. The molecule has 1 aromatic heterocycles. The Morgan fingerprint density at radius 1 is 1.18 bits per heavy atom. The van der Waals surface area contributed by atoms with Crippen molar-refractivity contribution in [3.63, 3.8) is 0 Å². The molecule has 1 heterocycles. The quantitative estimate of drug-likeness (QED) is 0.497. The Hall–Kier alpha value is -2.31. The largest absolute Gasteiger partial charge is 0.353 e. The maximum atomic E-state index is 13.3. The fourth-order valence-corrected chi connectivity index (χ4v) is 3.95. The molecule has 0 aliphatic heterocycles. The van der Waals surface area contributed by atoms with Crippen molar-refractivity contribution in [3.8, 4) is 5.69 Å². The number of hydrogen-bond acceptors (Lipinski definition) is 4. The Morgan fingerprint density at radius 2 is 1.89 bits per heavy atom. The van der Waals surface area contributed by atoms with E-state index in [4.69, 9.17) is 11.6 Å². The first kappa shape index (κ1) is 20.4. The van der Waals surface area contributed by atoms with E-state index in [2.05, 4.69) is 10.3 Å². The molecule has 0 fully saturated rings. The average Bonchev–Trinajstić information content (AvgIpc) is 2.62. The Balaban J connectivity index is 2.19. The second kappa shape index (κ2) is 8.37. The van der Waals surface area contributed by atoms with Crippen LogP contribution in [0.5, 0.6) is 0 Å². The molecule has 146 valence electrons. The number of hydrogen-bond donors (Lipinski definition) is 1. The van der Waals surface area contributed by atoms with Gasteiger partial charge in [0.1, 0.15) is 0 Å². The third-order valence-corrected chi connectivity index (χ3v) is 5.53. The highest BCUT2D eigenvalue weighted by Gasteiger charge is 2.21. The van der Waals surface area contributed by atoms with Gasteiger partial charge in [-0.3, -0.25) is 14.2 Å². The van der Waals surface area contributed by atoms with Gasteiger partial charge in [-0.05, 0) is 57.5 Å². The van der Waals surface area contributed by atoms with Crippen molar-refractivity contribution < 1.29 is 4.79 Å². The highest BCUT2D eigenvalue weighted by molar-refractivity contribution is 8.00. The van der Waals surface area contributed by atoms with E-state index in [1.807, 2.05) is 45.0 Å². The molecule has 0 bridgehead atoms. The van der Waals surface area contributed by atoms with Gasteiger partial charge >= 0.3 is 0 Å². The first-order valence-electron chi connectivity index (χ1n) is 9.03. The SMILES string of the molecule is Cc1ccccc1-n1c(SC(C)C(=O)NC(C)C)nc2cc(Cl)ccc2c1=O. The minimum absolute atomic E-state index is 0.0393. The first-order valence-corrected chi connectivity index (χ1v) is 10.3. The number of nitrogens with zero attached hydrogens (tertiary/aromatic N) is 2. The summed E-state index contributed by atoms with van der Waals surface area (Å²) in [6.07, 6.45) is 0. The van der Waals surface area contributed by atoms with Gasteiger partial charge in [0.25, 0.3) is 5.56 Å². The van der Waals surface area contributed by atoms with E-state index in [0.717, 1.165) is 11.3 Å². The third-order valence-electron chi connectivity index (χ3n) is 4.24. The summed E-state index contributed by atoms with van der Waals surface area (Å²) in [5, 5.41) is 3.93. The Bertz CT molecular complexity index is 1090. The molecule has 3 aromatic rings. The van der Waals surface area contributed by atoms with E-state index >= 15 is 0 Å². The summed E-state index contributed by atoms with van der Waals surface area (Å²) in [4.78, 5) is 30.4. The zero-order chi connectivity index (χ0) is 20.4. The van der Waals surface area contributed by atoms with Gasteiger partial charge in [0, 0.05) is 11.1 Å². The number of nitrogens with one attached hydrogen (secondary N) is 1. The Labute approximate surface area is 173 Å². The van der Waals surface area contributed by atoms with Gasteiger partial charge in [0.05, 0.1) is 21.8 Å². The van der Waals surface area contributed by atoms with Crippen LogP contribution in [0.25, 0.3) is 16.6 Å². The van der Waals surface area contributed by atoms with Gasteiger partial charge in [-0.2, -0.15) is 0 Å². The van der Waals surface area contributed by atoms with Crippen LogP contribution in [-0.2, 0) is 4.79 Å². The summed E-state index contributed by atoms with van der Waals surface area (Å²) in [5.74, 6) is -0.100. The van der Waals surface area contributed by atoms with Crippen LogP contribution >= 0.6 is 23.4 Å². The minimum atomic E-state index is -0.416. The number of carbonyl (C=O) groups is 1. The molecule has 7 heteroatoms. The first-order chi connectivity index (χ1) is 13.3. The van der Waals surface area contributed by atoms with Gasteiger partial charge in [-0.1, -0.05) is 41.6 Å². The van der Waals surface area contributed by atoms with Crippen molar-refractivity contribution in [2.24, 2.45) is 0 Å². The fraction of sp³-hybridized carbons (Fsp3) is 0.286.